The SMILES string of the molecule is CNC(=O)/C=C\N(C=O)c1ccc2cn(C3CCNCC3)nc2c1. The highest BCUT2D eigenvalue weighted by atomic mass is 16.1. The zero-order valence-electron chi connectivity index (χ0n) is 13.6. The van der Waals surface area contributed by atoms with Gasteiger partial charge in [0.25, 0.3) is 0 Å². The number of hydrogen-bond donors (Lipinski definition) is 2. The van der Waals surface area contributed by atoms with E-state index in [4.69, 9.17) is 0 Å². The molecule has 1 aromatic heterocycles. The lowest BCUT2D eigenvalue weighted by Crippen LogP contribution is -2.29. The van der Waals surface area contributed by atoms with E-state index in [-0.39, 0.29) is 5.91 Å². The Bertz CT molecular complexity index is 761. The van der Waals surface area contributed by atoms with E-state index >= 15 is 0 Å². The highest BCUT2D eigenvalue weighted by molar-refractivity contribution is 5.91. The molecule has 0 radical (unpaired) electrons. The molecule has 3 rings (SSSR count). The zero-order chi connectivity index (χ0) is 16.9. The van der Waals surface area contributed by atoms with Crippen molar-refractivity contribution in [1.82, 2.24) is 20.4 Å². The van der Waals surface area contributed by atoms with E-state index in [2.05, 4.69) is 21.9 Å². The molecule has 2 aromatic rings. The Hall–Kier alpha value is -2.67. The molecule has 1 aliphatic heterocycles. The number of carbonyl (C=O) groups excluding carboxylic acids is 2. The summed E-state index contributed by atoms with van der Waals surface area (Å²) < 4.78 is 2.03. The number of aromatic nitrogens is 2. The minimum absolute atomic E-state index is 0.266. The van der Waals surface area contributed by atoms with Crippen molar-refractivity contribution < 1.29 is 9.59 Å². The summed E-state index contributed by atoms with van der Waals surface area (Å²) in [6.45, 7) is 2.02. The fourth-order valence-corrected chi connectivity index (χ4v) is 2.86. The second-order valence-corrected chi connectivity index (χ2v) is 5.78. The molecule has 0 saturated carbocycles. The number of rotatable bonds is 5. The van der Waals surface area contributed by atoms with Crippen LogP contribution in [0.5, 0.6) is 0 Å². The van der Waals surface area contributed by atoms with E-state index < -0.39 is 0 Å². The molecule has 0 aliphatic carbocycles. The number of hydrogen-bond acceptors (Lipinski definition) is 4. The number of likely N-dealkylation sites (N-methyl/N-ethyl adjacent to an activating group) is 1. The molecule has 24 heavy (non-hydrogen) atoms. The molecule has 2 amide bonds. The number of nitrogens with one attached hydrogen (secondary N) is 2. The van der Waals surface area contributed by atoms with Gasteiger partial charge in [0.1, 0.15) is 0 Å². The first-order valence-electron chi connectivity index (χ1n) is 8.04. The Kier molecular flexibility index (Phi) is 4.90. The quantitative estimate of drug-likeness (QED) is 0.638. The summed E-state index contributed by atoms with van der Waals surface area (Å²) in [5.74, 6) is -0.266. The molecular weight excluding hydrogens is 306 g/mol. The second kappa shape index (κ2) is 7.27. The van der Waals surface area contributed by atoms with Crippen LogP contribution in [0.15, 0.2) is 36.7 Å². The number of piperidine rings is 1. The van der Waals surface area contributed by atoms with Gasteiger partial charge in [-0.25, -0.2) is 0 Å². The van der Waals surface area contributed by atoms with Crippen LogP contribution >= 0.6 is 0 Å². The number of carbonyl (C=O) groups is 2. The van der Waals surface area contributed by atoms with Gasteiger partial charge in [-0.15, -0.1) is 0 Å². The smallest absolute Gasteiger partial charge is 0.245 e. The Balaban J connectivity index is 1.85. The van der Waals surface area contributed by atoms with Crippen LogP contribution in [0.3, 0.4) is 0 Å². The van der Waals surface area contributed by atoms with Gasteiger partial charge in [0.15, 0.2) is 0 Å². The van der Waals surface area contributed by atoms with Gasteiger partial charge < -0.3 is 10.6 Å². The second-order valence-electron chi connectivity index (χ2n) is 5.78. The summed E-state index contributed by atoms with van der Waals surface area (Å²) in [5, 5.41) is 11.5. The average Bonchev–Trinajstić information content (AvgIpc) is 3.06. The van der Waals surface area contributed by atoms with Gasteiger partial charge in [-0.05, 0) is 44.1 Å². The fourth-order valence-electron chi connectivity index (χ4n) is 2.86. The van der Waals surface area contributed by atoms with Crippen LogP contribution in [-0.4, -0.2) is 42.2 Å². The van der Waals surface area contributed by atoms with Gasteiger partial charge in [0, 0.05) is 30.9 Å². The molecular formula is C17H21N5O2. The van der Waals surface area contributed by atoms with Crippen LogP contribution in [0.4, 0.5) is 5.69 Å². The van der Waals surface area contributed by atoms with Gasteiger partial charge in [-0.1, -0.05) is 0 Å². The lowest BCUT2D eigenvalue weighted by atomic mass is 10.1. The normalized spacial score (nSPS) is 15.7. The Labute approximate surface area is 140 Å². The number of fused-ring (bicyclic) bond motifs is 1. The molecule has 0 unspecified atom stereocenters. The predicted molar refractivity (Wildman–Crippen MR) is 92.6 cm³/mol. The first-order chi connectivity index (χ1) is 11.7. The third-order valence-electron chi connectivity index (χ3n) is 4.24. The highest BCUT2D eigenvalue weighted by Crippen LogP contribution is 2.24. The maximum Gasteiger partial charge on any atom is 0.245 e. The number of anilines is 1. The molecule has 126 valence electrons. The van der Waals surface area contributed by atoms with E-state index in [1.807, 2.05) is 22.9 Å². The number of benzene rings is 1. The van der Waals surface area contributed by atoms with E-state index in [0.29, 0.717) is 18.1 Å². The first-order valence-corrected chi connectivity index (χ1v) is 8.04. The van der Waals surface area contributed by atoms with Crippen LogP contribution in [0.1, 0.15) is 18.9 Å². The van der Waals surface area contributed by atoms with Crippen molar-refractivity contribution >= 4 is 28.9 Å². The Morgan fingerprint density at radius 1 is 1.42 bits per heavy atom. The van der Waals surface area contributed by atoms with Crippen LogP contribution < -0.4 is 15.5 Å². The maximum absolute atomic E-state index is 11.3. The molecule has 7 nitrogen and oxygen atoms in total. The van der Waals surface area contributed by atoms with Gasteiger partial charge in [0.2, 0.25) is 12.3 Å². The van der Waals surface area contributed by atoms with Gasteiger partial charge >= 0.3 is 0 Å². The van der Waals surface area contributed by atoms with E-state index in [9.17, 15) is 9.59 Å². The minimum Gasteiger partial charge on any atom is -0.356 e. The third kappa shape index (κ3) is 3.46. The lowest BCUT2D eigenvalue weighted by molar-refractivity contribution is -0.116. The summed E-state index contributed by atoms with van der Waals surface area (Å²) in [7, 11) is 1.54. The molecule has 0 bridgehead atoms. The molecule has 0 spiro atoms. The van der Waals surface area contributed by atoms with E-state index in [1.165, 1.54) is 24.2 Å². The molecule has 1 aromatic carbocycles. The highest BCUT2D eigenvalue weighted by Gasteiger charge is 2.16. The largest absolute Gasteiger partial charge is 0.356 e. The standard InChI is InChI=1S/C17H21N5O2/c1-18-17(24)6-9-21(12-23)15-3-2-13-11-22(20-16(13)10-15)14-4-7-19-8-5-14/h2-3,6,9-12,14,19H,4-5,7-8H2,1H3,(H,18,24)/b9-6-. The third-order valence-corrected chi connectivity index (χ3v) is 4.24. The van der Waals surface area contributed by atoms with Crippen LogP contribution in [-0.2, 0) is 9.59 Å². The van der Waals surface area contributed by atoms with Crippen molar-refractivity contribution in [2.45, 2.75) is 18.9 Å². The van der Waals surface area contributed by atoms with E-state index in [1.54, 1.807) is 0 Å². The summed E-state index contributed by atoms with van der Waals surface area (Å²) in [6, 6.07) is 6.06. The van der Waals surface area contributed by atoms with Crippen molar-refractivity contribution in [3.63, 3.8) is 0 Å². The molecule has 2 heterocycles. The van der Waals surface area contributed by atoms with Crippen LogP contribution in [0.2, 0.25) is 0 Å². The molecule has 1 saturated heterocycles. The van der Waals surface area contributed by atoms with E-state index in [0.717, 1.165) is 36.8 Å². The average molecular weight is 327 g/mol. The maximum atomic E-state index is 11.3. The van der Waals surface area contributed by atoms with Crippen LogP contribution in [0.25, 0.3) is 10.9 Å². The summed E-state index contributed by atoms with van der Waals surface area (Å²) in [5.41, 5.74) is 1.51. The van der Waals surface area contributed by atoms with Crippen molar-refractivity contribution in [1.29, 1.82) is 0 Å². The summed E-state index contributed by atoms with van der Waals surface area (Å²) in [4.78, 5) is 24.0. The van der Waals surface area contributed by atoms with Crippen molar-refractivity contribution in [2.75, 3.05) is 25.0 Å². The minimum atomic E-state index is -0.266. The Morgan fingerprint density at radius 3 is 2.92 bits per heavy atom. The van der Waals surface area contributed by atoms with Gasteiger partial charge in [0.05, 0.1) is 17.2 Å². The van der Waals surface area contributed by atoms with Crippen LogP contribution in [0, 0.1) is 0 Å². The van der Waals surface area contributed by atoms with Crippen molar-refractivity contribution in [3.8, 4) is 0 Å². The number of nitrogens with zero attached hydrogens (tertiary/aromatic N) is 3. The summed E-state index contributed by atoms with van der Waals surface area (Å²) in [6.07, 6.45) is 7.61. The molecule has 7 heteroatoms. The Morgan fingerprint density at radius 2 is 2.21 bits per heavy atom. The van der Waals surface area contributed by atoms with Gasteiger partial charge in [-0.3, -0.25) is 19.2 Å². The first kappa shape index (κ1) is 16.2. The molecule has 0 atom stereocenters. The molecule has 1 fully saturated rings. The zero-order valence-corrected chi connectivity index (χ0v) is 13.6. The summed E-state index contributed by atoms with van der Waals surface area (Å²) >= 11 is 0. The predicted octanol–water partition coefficient (Wildman–Crippen LogP) is 1.18. The molecule has 2 N–H and O–H groups in total. The number of amides is 2. The lowest BCUT2D eigenvalue weighted by Gasteiger charge is -2.22. The topological polar surface area (TPSA) is 79.3 Å². The molecule has 1 aliphatic rings. The monoisotopic (exact) mass is 327 g/mol. The van der Waals surface area contributed by atoms with Crippen molar-refractivity contribution in [3.05, 3.63) is 36.7 Å². The van der Waals surface area contributed by atoms with Crippen molar-refractivity contribution in [2.24, 2.45) is 0 Å². The fraction of sp³-hybridized carbons (Fsp3) is 0.353. The van der Waals surface area contributed by atoms with Gasteiger partial charge in [-0.2, -0.15) is 5.10 Å².